The molecule has 4 atom stereocenters. The lowest BCUT2D eigenvalue weighted by molar-refractivity contribution is -0.144. The molecule has 3 heterocycles. The molecule has 0 radical (unpaired) electrons. The van der Waals surface area contributed by atoms with Crippen LogP contribution in [-0.2, 0) is 27.2 Å². The van der Waals surface area contributed by atoms with Gasteiger partial charge in [-0.05, 0) is 112 Å². The van der Waals surface area contributed by atoms with E-state index >= 15 is 0 Å². The van der Waals surface area contributed by atoms with Crippen molar-refractivity contribution in [1.29, 1.82) is 0 Å². The second-order valence-electron chi connectivity index (χ2n) is 11.9. The summed E-state index contributed by atoms with van der Waals surface area (Å²) in [7, 11) is 0. The summed E-state index contributed by atoms with van der Waals surface area (Å²) < 4.78 is 0. The molecule has 1 aliphatic carbocycles. The van der Waals surface area contributed by atoms with Gasteiger partial charge in [-0.25, -0.2) is 9.69 Å². The molecule has 10 heteroatoms. The fourth-order valence-corrected chi connectivity index (χ4v) is 6.92. The van der Waals surface area contributed by atoms with Gasteiger partial charge in [0.2, 0.25) is 0 Å². The fraction of sp³-hybridized carbons (Fsp3) is 0.484. The summed E-state index contributed by atoms with van der Waals surface area (Å²) in [6.07, 6.45) is 3.41. The van der Waals surface area contributed by atoms with E-state index in [9.17, 15) is 29.4 Å². The highest BCUT2D eigenvalue weighted by atomic mass is 16.4. The minimum Gasteiger partial charge on any atom is -0.481 e. The molecule has 3 aliphatic heterocycles. The topological polar surface area (TPSA) is 139 Å². The highest BCUT2D eigenvalue weighted by Gasteiger charge is 2.65. The van der Waals surface area contributed by atoms with Crippen LogP contribution in [0, 0.1) is 23.7 Å². The molecule has 0 bridgehead atoms. The fourth-order valence-electron chi connectivity index (χ4n) is 6.92. The Morgan fingerprint density at radius 3 is 1.80 bits per heavy atom. The zero-order chi connectivity index (χ0) is 28.7. The molecular formula is C31H36N4O6. The summed E-state index contributed by atoms with van der Waals surface area (Å²) in [4.78, 5) is 54.5. The zero-order valence-electron chi connectivity index (χ0n) is 22.9. The molecular weight excluding hydrogens is 524 g/mol. The van der Waals surface area contributed by atoms with E-state index in [0.29, 0.717) is 50.1 Å². The molecule has 2 aromatic carbocycles. The minimum atomic E-state index is -0.938. The standard InChI is InChI=1S/C31H36N4O6/c36-27(37)25(21-7-11-32-17-21)15-19-3-1-5-23(13-19)34-29(40)31(9-10-31)35(30(34)41)24-6-2-4-20(14-24)16-26(28(38)39)22-8-12-33-18-22/h1-6,13-14,21-22,25-26,32-33H,7-12,15-18H2,(H,36,37)(H,38,39)/t21-,22-,25-,26-/m0/s1. The number of nitrogens with zero attached hydrogens (tertiary/aromatic N) is 2. The normalized spacial score (nSPS) is 24.7. The van der Waals surface area contributed by atoms with Crippen LogP contribution in [0.2, 0.25) is 0 Å². The van der Waals surface area contributed by atoms with Crippen LogP contribution in [0.3, 0.4) is 0 Å². The highest BCUT2D eigenvalue weighted by Crippen LogP contribution is 2.51. The summed E-state index contributed by atoms with van der Waals surface area (Å²) in [6.45, 7) is 2.96. The van der Waals surface area contributed by atoms with Gasteiger partial charge in [0.05, 0.1) is 17.5 Å². The van der Waals surface area contributed by atoms with Crippen LogP contribution in [0.5, 0.6) is 0 Å². The number of carboxylic acids is 2. The number of carbonyl (C=O) groups excluding carboxylic acids is 2. The smallest absolute Gasteiger partial charge is 0.336 e. The molecule has 3 amide bonds. The predicted octanol–water partition coefficient (Wildman–Crippen LogP) is 2.90. The number of nitrogens with one attached hydrogen (secondary N) is 2. The summed E-state index contributed by atoms with van der Waals surface area (Å²) in [5.41, 5.74) is 1.68. The van der Waals surface area contributed by atoms with Gasteiger partial charge in [-0.15, -0.1) is 0 Å². The van der Waals surface area contributed by atoms with Crippen LogP contribution >= 0.6 is 0 Å². The van der Waals surface area contributed by atoms with Crippen LogP contribution in [0.25, 0.3) is 0 Å². The van der Waals surface area contributed by atoms with E-state index in [1.165, 1.54) is 4.90 Å². The van der Waals surface area contributed by atoms with Gasteiger partial charge in [0.15, 0.2) is 0 Å². The van der Waals surface area contributed by atoms with Crippen molar-refractivity contribution >= 4 is 35.3 Å². The summed E-state index contributed by atoms with van der Waals surface area (Å²) >= 11 is 0. The molecule has 2 aromatic rings. The molecule has 216 valence electrons. The third kappa shape index (κ3) is 5.10. The first kappa shape index (κ1) is 27.4. The molecule has 4 N–H and O–H groups in total. The molecule has 4 fully saturated rings. The van der Waals surface area contributed by atoms with E-state index in [-0.39, 0.29) is 17.7 Å². The van der Waals surface area contributed by atoms with E-state index in [1.807, 2.05) is 24.3 Å². The second kappa shape index (κ2) is 10.9. The number of amides is 3. The van der Waals surface area contributed by atoms with E-state index in [2.05, 4.69) is 10.6 Å². The maximum atomic E-state index is 13.9. The SMILES string of the molecule is O=C(O)[C@@H](Cc1cccc(N2C(=O)N(c3cccc(C[C@H](C(=O)O)[C@H]4CCNC4)c3)C3(CC3)C2=O)c1)[C@H]1CCNC1. The number of carbonyl (C=O) groups is 4. The van der Waals surface area contributed by atoms with Crippen LogP contribution in [0.15, 0.2) is 48.5 Å². The number of urea groups is 1. The van der Waals surface area contributed by atoms with Gasteiger partial charge in [0.1, 0.15) is 5.54 Å². The second-order valence-corrected chi connectivity index (χ2v) is 11.9. The number of anilines is 2. The first-order valence-electron chi connectivity index (χ1n) is 14.5. The largest absolute Gasteiger partial charge is 0.481 e. The third-order valence-corrected chi connectivity index (χ3v) is 9.35. The van der Waals surface area contributed by atoms with Crippen molar-refractivity contribution in [3.63, 3.8) is 0 Å². The Bertz CT molecular complexity index is 1360. The highest BCUT2D eigenvalue weighted by molar-refractivity contribution is 6.31. The summed E-state index contributed by atoms with van der Waals surface area (Å²) in [5, 5.41) is 26.2. The first-order chi connectivity index (χ1) is 19.8. The lowest BCUT2D eigenvalue weighted by atomic mass is 9.86. The number of hydrogen-bond donors (Lipinski definition) is 4. The molecule has 10 nitrogen and oxygen atoms in total. The lowest BCUT2D eigenvalue weighted by Crippen LogP contribution is -2.37. The Morgan fingerprint density at radius 2 is 1.34 bits per heavy atom. The number of carboxylic acid groups (broad SMARTS) is 2. The Morgan fingerprint density at radius 1 is 0.829 bits per heavy atom. The Kier molecular flexibility index (Phi) is 7.29. The van der Waals surface area contributed by atoms with Gasteiger partial charge in [-0.2, -0.15) is 0 Å². The Balaban J connectivity index is 1.25. The van der Waals surface area contributed by atoms with Gasteiger partial charge in [-0.1, -0.05) is 24.3 Å². The number of rotatable bonds is 10. The molecule has 1 spiro atoms. The maximum absolute atomic E-state index is 13.9. The zero-order valence-corrected chi connectivity index (χ0v) is 22.9. The predicted molar refractivity (Wildman–Crippen MR) is 152 cm³/mol. The van der Waals surface area contributed by atoms with Crippen LogP contribution in [0.4, 0.5) is 16.2 Å². The Hall–Kier alpha value is -3.76. The van der Waals surface area contributed by atoms with E-state index in [1.54, 1.807) is 29.2 Å². The van der Waals surface area contributed by atoms with E-state index < -0.39 is 35.3 Å². The van der Waals surface area contributed by atoms with Gasteiger partial charge in [0, 0.05) is 5.69 Å². The minimum absolute atomic E-state index is 0.0364. The molecule has 41 heavy (non-hydrogen) atoms. The van der Waals surface area contributed by atoms with Crippen LogP contribution in [-0.4, -0.2) is 65.8 Å². The number of hydrogen-bond acceptors (Lipinski definition) is 6. The first-order valence-corrected chi connectivity index (χ1v) is 14.5. The quantitative estimate of drug-likeness (QED) is 0.326. The molecule has 0 aromatic heterocycles. The van der Waals surface area contributed by atoms with Crippen LogP contribution < -0.4 is 20.4 Å². The average molecular weight is 561 g/mol. The molecule has 6 rings (SSSR count). The van der Waals surface area contributed by atoms with Gasteiger partial charge in [-0.3, -0.25) is 19.3 Å². The average Bonchev–Trinajstić information content (AvgIpc) is 3.29. The van der Waals surface area contributed by atoms with E-state index in [0.717, 1.165) is 37.1 Å². The van der Waals surface area contributed by atoms with Crippen molar-refractivity contribution in [3.05, 3.63) is 59.7 Å². The molecule has 1 saturated carbocycles. The summed E-state index contributed by atoms with van der Waals surface area (Å²) in [5.74, 6) is -2.93. The van der Waals surface area contributed by atoms with Gasteiger partial charge < -0.3 is 20.8 Å². The van der Waals surface area contributed by atoms with Crippen LogP contribution in [0.1, 0.15) is 36.8 Å². The number of benzene rings is 2. The van der Waals surface area contributed by atoms with E-state index in [4.69, 9.17) is 0 Å². The van der Waals surface area contributed by atoms with Crippen molar-refractivity contribution in [2.75, 3.05) is 36.0 Å². The van der Waals surface area contributed by atoms with Crippen molar-refractivity contribution in [2.24, 2.45) is 23.7 Å². The number of imide groups is 1. The van der Waals surface area contributed by atoms with Gasteiger partial charge in [0.25, 0.3) is 5.91 Å². The molecule has 0 unspecified atom stereocenters. The van der Waals surface area contributed by atoms with Crippen molar-refractivity contribution in [3.8, 4) is 0 Å². The molecule has 3 saturated heterocycles. The van der Waals surface area contributed by atoms with Crippen molar-refractivity contribution in [2.45, 2.75) is 44.1 Å². The third-order valence-electron chi connectivity index (χ3n) is 9.35. The van der Waals surface area contributed by atoms with Crippen molar-refractivity contribution in [1.82, 2.24) is 10.6 Å². The lowest BCUT2D eigenvalue weighted by Gasteiger charge is -2.23. The van der Waals surface area contributed by atoms with Crippen molar-refractivity contribution < 1.29 is 29.4 Å². The maximum Gasteiger partial charge on any atom is 0.336 e. The Labute approximate surface area is 238 Å². The van der Waals surface area contributed by atoms with Gasteiger partial charge >= 0.3 is 18.0 Å². The molecule has 4 aliphatic rings. The summed E-state index contributed by atoms with van der Waals surface area (Å²) in [6, 6.07) is 14.0. The monoisotopic (exact) mass is 560 g/mol. The number of aliphatic carboxylic acids is 2.